The fourth-order valence-electron chi connectivity index (χ4n) is 1.35. The van der Waals surface area contributed by atoms with E-state index < -0.39 is 0 Å². The van der Waals surface area contributed by atoms with Gasteiger partial charge in [-0.15, -0.1) is 0 Å². The largest absolute Gasteiger partial charge is 0.384 e. The number of hydrogen-bond acceptors (Lipinski definition) is 4. The summed E-state index contributed by atoms with van der Waals surface area (Å²) in [6.45, 7) is 3.87. The fraction of sp³-hybridized carbons (Fsp3) is 0.417. The summed E-state index contributed by atoms with van der Waals surface area (Å²) >= 11 is 0. The molecule has 18 heavy (non-hydrogen) atoms. The van der Waals surface area contributed by atoms with E-state index in [0.717, 1.165) is 5.69 Å². The molecule has 0 unspecified atom stereocenters. The minimum absolute atomic E-state index is 0.0609. The Hall–Kier alpha value is -2.11. The minimum Gasteiger partial charge on any atom is -0.384 e. The third-order valence-corrected chi connectivity index (χ3v) is 2.41. The van der Waals surface area contributed by atoms with Crippen molar-refractivity contribution in [2.75, 3.05) is 19.3 Å². The summed E-state index contributed by atoms with van der Waals surface area (Å²) in [5, 5.41) is 4.93. The number of hydrogen-bond donors (Lipinski definition) is 3. The van der Waals surface area contributed by atoms with Crippen molar-refractivity contribution in [2.45, 2.75) is 19.8 Å². The van der Waals surface area contributed by atoms with Crippen LogP contribution in [0.4, 0.5) is 5.82 Å². The molecule has 0 spiro atoms. The quantitative estimate of drug-likeness (QED) is 0.714. The van der Waals surface area contributed by atoms with Crippen LogP contribution in [0.5, 0.6) is 0 Å². The van der Waals surface area contributed by atoms with Crippen LogP contribution < -0.4 is 16.4 Å². The van der Waals surface area contributed by atoms with E-state index in [9.17, 15) is 9.59 Å². The minimum atomic E-state index is -0.338. The van der Waals surface area contributed by atoms with Gasteiger partial charge < -0.3 is 16.4 Å². The first-order valence-electron chi connectivity index (χ1n) is 5.70. The molecule has 1 rings (SSSR count). The zero-order valence-corrected chi connectivity index (χ0v) is 10.8. The summed E-state index contributed by atoms with van der Waals surface area (Å²) < 4.78 is 0. The molecule has 1 aromatic rings. The molecule has 0 aliphatic rings. The summed E-state index contributed by atoms with van der Waals surface area (Å²) in [7, 11) is 1.51. The van der Waals surface area contributed by atoms with Gasteiger partial charge in [-0.3, -0.25) is 9.59 Å². The zero-order valence-electron chi connectivity index (χ0n) is 10.8. The molecule has 0 bridgehead atoms. The van der Waals surface area contributed by atoms with Gasteiger partial charge in [0, 0.05) is 18.3 Å². The Morgan fingerprint density at radius 2 is 2.06 bits per heavy atom. The van der Waals surface area contributed by atoms with Crippen molar-refractivity contribution in [3.05, 3.63) is 23.4 Å². The molecule has 0 aliphatic heterocycles. The Labute approximate surface area is 106 Å². The molecule has 0 saturated carbocycles. The highest BCUT2D eigenvalue weighted by atomic mass is 16.2. The van der Waals surface area contributed by atoms with Crippen molar-refractivity contribution < 1.29 is 9.59 Å². The SMILES string of the molecule is CNC(=O)CNC(=O)c1cc(N)nc(C(C)C)c1. The van der Waals surface area contributed by atoms with Gasteiger partial charge in [0.25, 0.3) is 5.91 Å². The second-order valence-corrected chi connectivity index (χ2v) is 4.22. The van der Waals surface area contributed by atoms with Gasteiger partial charge in [-0.05, 0) is 18.1 Å². The lowest BCUT2D eigenvalue weighted by Crippen LogP contribution is -2.35. The van der Waals surface area contributed by atoms with E-state index >= 15 is 0 Å². The van der Waals surface area contributed by atoms with E-state index in [4.69, 9.17) is 5.73 Å². The molecule has 1 aromatic heterocycles. The summed E-state index contributed by atoms with van der Waals surface area (Å²) in [5.74, 6) is -0.116. The van der Waals surface area contributed by atoms with Gasteiger partial charge in [0.2, 0.25) is 5.91 Å². The molecule has 0 radical (unpaired) electrons. The van der Waals surface area contributed by atoms with Crippen LogP contribution in [-0.4, -0.2) is 30.4 Å². The maximum absolute atomic E-state index is 11.8. The molecule has 0 aliphatic carbocycles. The lowest BCUT2D eigenvalue weighted by molar-refractivity contribution is -0.119. The molecule has 0 saturated heterocycles. The number of rotatable bonds is 4. The molecule has 1 heterocycles. The number of carbonyl (C=O) groups excluding carboxylic acids is 2. The second-order valence-electron chi connectivity index (χ2n) is 4.22. The highest BCUT2D eigenvalue weighted by Crippen LogP contribution is 2.15. The Morgan fingerprint density at radius 3 is 2.61 bits per heavy atom. The summed E-state index contributed by atoms with van der Waals surface area (Å²) in [6, 6.07) is 3.17. The Morgan fingerprint density at radius 1 is 1.39 bits per heavy atom. The van der Waals surface area contributed by atoms with E-state index in [-0.39, 0.29) is 24.3 Å². The molecule has 0 atom stereocenters. The Kier molecular flexibility index (Phi) is 4.65. The summed E-state index contributed by atoms with van der Waals surface area (Å²) in [4.78, 5) is 27.0. The lowest BCUT2D eigenvalue weighted by Gasteiger charge is -2.09. The van der Waals surface area contributed by atoms with Gasteiger partial charge in [0.1, 0.15) is 5.82 Å². The molecule has 2 amide bonds. The van der Waals surface area contributed by atoms with Crippen LogP contribution in [0.2, 0.25) is 0 Å². The van der Waals surface area contributed by atoms with Crippen molar-refractivity contribution >= 4 is 17.6 Å². The third-order valence-electron chi connectivity index (χ3n) is 2.41. The van der Waals surface area contributed by atoms with Gasteiger partial charge >= 0.3 is 0 Å². The first kappa shape index (κ1) is 14.0. The number of nitrogen functional groups attached to an aromatic ring is 1. The van der Waals surface area contributed by atoms with Gasteiger partial charge in [0.15, 0.2) is 0 Å². The fourth-order valence-corrected chi connectivity index (χ4v) is 1.35. The van der Waals surface area contributed by atoms with Crippen LogP contribution >= 0.6 is 0 Å². The molecule has 6 nitrogen and oxygen atoms in total. The second kappa shape index (κ2) is 6.00. The van der Waals surface area contributed by atoms with E-state index in [1.807, 2.05) is 13.8 Å². The van der Waals surface area contributed by atoms with Gasteiger partial charge in [-0.25, -0.2) is 4.98 Å². The lowest BCUT2D eigenvalue weighted by atomic mass is 10.1. The number of nitrogens with one attached hydrogen (secondary N) is 2. The number of pyridine rings is 1. The third kappa shape index (κ3) is 3.73. The zero-order chi connectivity index (χ0) is 13.7. The predicted molar refractivity (Wildman–Crippen MR) is 69.1 cm³/mol. The van der Waals surface area contributed by atoms with E-state index in [1.165, 1.54) is 13.1 Å². The average molecular weight is 250 g/mol. The Balaban J connectivity index is 2.82. The van der Waals surface area contributed by atoms with Crippen molar-refractivity contribution in [1.82, 2.24) is 15.6 Å². The van der Waals surface area contributed by atoms with E-state index in [2.05, 4.69) is 15.6 Å². The van der Waals surface area contributed by atoms with Crippen LogP contribution in [0.1, 0.15) is 35.8 Å². The normalized spacial score (nSPS) is 10.2. The van der Waals surface area contributed by atoms with Crippen LogP contribution in [-0.2, 0) is 4.79 Å². The van der Waals surface area contributed by atoms with E-state index in [1.54, 1.807) is 6.07 Å². The average Bonchev–Trinajstić information content (AvgIpc) is 2.34. The van der Waals surface area contributed by atoms with Crippen LogP contribution in [0, 0.1) is 0 Å². The predicted octanol–water partition coefficient (Wildman–Crippen LogP) is 0.263. The molecular formula is C12H18N4O2. The maximum atomic E-state index is 11.8. The van der Waals surface area contributed by atoms with Crippen molar-refractivity contribution in [2.24, 2.45) is 0 Å². The van der Waals surface area contributed by atoms with Crippen LogP contribution in [0.3, 0.4) is 0 Å². The smallest absolute Gasteiger partial charge is 0.251 e. The molecule has 98 valence electrons. The summed E-state index contributed by atoms with van der Waals surface area (Å²) in [5.41, 5.74) is 6.81. The number of carbonyl (C=O) groups is 2. The molecule has 4 N–H and O–H groups in total. The first-order chi connectivity index (χ1) is 8.43. The maximum Gasteiger partial charge on any atom is 0.251 e. The van der Waals surface area contributed by atoms with Gasteiger partial charge in [-0.1, -0.05) is 13.8 Å². The number of nitrogens with two attached hydrogens (primary N) is 1. The van der Waals surface area contributed by atoms with E-state index in [0.29, 0.717) is 11.4 Å². The van der Waals surface area contributed by atoms with Gasteiger partial charge in [-0.2, -0.15) is 0 Å². The monoisotopic (exact) mass is 250 g/mol. The molecule has 0 aromatic carbocycles. The highest BCUT2D eigenvalue weighted by Gasteiger charge is 2.11. The van der Waals surface area contributed by atoms with Crippen molar-refractivity contribution in [1.29, 1.82) is 0 Å². The molecular weight excluding hydrogens is 232 g/mol. The molecule has 6 heteroatoms. The summed E-state index contributed by atoms with van der Waals surface area (Å²) in [6.07, 6.45) is 0. The molecule has 0 fully saturated rings. The number of likely N-dealkylation sites (N-methyl/N-ethyl adjacent to an activating group) is 1. The highest BCUT2D eigenvalue weighted by molar-refractivity contribution is 5.97. The number of aromatic nitrogens is 1. The number of nitrogens with zero attached hydrogens (tertiary/aromatic N) is 1. The van der Waals surface area contributed by atoms with Crippen molar-refractivity contribution in [3.8, 4) is 0 Å². The standard InChI is InChI=1S/C12H18N4O2/c1-7(2)9-4-8(5-10(13)16-9)12(18)15-6-11(17)14-3/h4-5,7H,6H2,1-3H3,(H2,13,16)(H,14,17)(H,15,18). The van der Waals surface area contributed by atoms with Crippen LogP contribution in [0.25, 0.3) is 0 Å². The first-order valence-corrected chi connectivity index (χ1v) is 5.70. The number of anilines is 1. The van der Waals surface area contributed by atoms with Gasteiger partial charge in [0.05, 0.1) is 6.54 Å². The van der Waals surface area contributed by atoms with Crippen LogP contribution in [0.15, 0.2) is 12.1 Å². The van der Waals surface area contributed by atoms with Crippen molar-refractivity contribution in [3.63, 3.8) is 0 Å². The Bertz CT molecular complexity index is 457. The topological polar surface area (TPSA) is 97.1 Å². The number of amides is 2.